The maximum atomic E-state index is 11.9. The highest BCUT2D eigenvalue weighted by Gasteiger charge is 2.55. The average Bonchev–Trinajstić information content (AvgIpc) is 2.38. The van der Waals surface area contributed by atoms with Gasteiger partial charge in [0, 0.05) is 12.6 Å². The van der Waals surface area contributed by atoms with Gasteiger partial charge in [-0.15, -0.1) is 0 Å². The summed E-state index contributed by atoms with van der Waals surface area (Å²) in [5.74, 6) is -0.0574. The molecule has 0 aromatic heterocycles. The van der Waals surface area contributed by atoms with Crippen molar-refractivity contribution in [2.45, 2.75) is 25.5 Å². The van der Waals surface area contributed by atoms with Crippen molar-refractivity contribution < 1.29 is 19.1 Å². The van der Waals surface area contributed by atoms with Crippen molar-refractivity contribution in [3.63, 3.8) is 0 Å². The molecule has 0 radical (unpaired) electrons. The second kappa shape index (κ2) is 5.21. The molecule has 0 N–H and O–H groups in total. The molecule has 6 nitrogen and oxygen atoms in total. The Kier molecular flexibility index (Phi) is 3.61. The number of hydrogen-bond acceptors (Lipinski definition) is 5. The molecule has 1 aliphatic heterocycles. The van der Waals surface area contributed by atoms with E-state index in [1.807, 2.05) is 6.07 Å². The number of methoxy groups -OCH3 is 1. The van der Waals surface area contributed by atoms with Gasteiger partial charge in [-0.1, -0.05) is 0 Å². The lowest BCUT2D eigenvalue weighted by molar-refractivity contribution is -0.169. The summed E-state index contributed by atoms with van der Waals surface area (Å²) in [4.78, 5) is 24.4. The zero-order valence-electron chi connectivity index (χ0n) is 11.3. The molecule has 20 heavy (non-hydrogen) atoms. The smallest absolute Gasteiger partial charge is 0.304 e. The molecule has 0 unspecified atom stereocenters. The number of ether oxygens (including phenoxy) is 2. The van der Waals surface area contributed by atoms with Gasteiger partial charge in [0.25, 0.3) is 0 Å². The quantitative estimate of drug-likeness (QED) is 0.615. The highest BCUT2D eigenvalue weighted by atomic mass is 16.6. The van der Waals surface area contributed by atoms with Crippen molar-refractivity contribution in [3.8, 4) is 11.8 Å². The first kappa shape index (κ1) is 13.9. The van der Waals surface area contributed by atoms with E-state index >= 15 is 0 Å². The van der Waals surface area contributed by atoms with E-state index in [1.54, 1.807) is 31.4 Å². The van der Waals surface area contributed by atoms with E-state index in [0.717, 1.165) is 0 Å². The summed E-state index contributed by atoms with van der Waals surface area (Å²) in [6.07, 6.45) is -0.0451. The van der Waals surface area contributed by atoms with Gasteiger partial charge in [-0.2, -0.15) is 5.26 Å². The molecular weight excluding hydrogens is 260 g/mol. The fourth-order valence-electron chi connectivity index (χ4n) is 2.29. The second-order valence-corrected chi connectivity index (χ2v) is 4.48. The Morgan fingerprint density at radius 2 is 2.10 bits per heavy atom. The number of benzene rings is 1. The zero-order valence-corrected chi connectivity index (χ0v) is 11.3. The number of hydrogen-bond donors (Lipinski definition) is 0. The topological polar surface area (TPSA) is 79.6 Å². The summed E-state index contributed by atoms with van der Waals surface area (Å²) in [6.45, 7) is 1.26. The minimum atomic E-state index is -1.19. The van der Waals surface area contributed by atoms with Gasteiger partial charge in [-0.25, -0.2) is 0 Å². The number of carbonyl (C=O) groups is 2. The van der Waals surface area contributed by atoms with Crippen LogP contribution in [0, 0.1) is 11.3 Å². The van der Waals surface area contributed by atoms with Crippen LogP contribution in [0.15, 0.2) is 24.3 Å². The van der Waals surface area contributed by atoms with Crippen LogP contribution in [0.3, 0.4) is 0 Å². The zero-order chi connectivity index (χ0) is 14.8. The van der Waals surface area contributed by atoms with E-state index in [4.69, 9.17) is 14.7 Å². The predicted molar refractivity (Wildman–Crippen MR) is 69.8 cm³/mol. The van der Waals surface area contributed by atoms with E-state index < -0.39 is 11.7 Å². The summed E-state index contributed by atoms with van der Waals surface area (Å²) in [7, 11) is 1.54. The molecule has 1 aromatic rings. The van der Waals surface area contributed by atoms with Crippen molar-refractivity contribution in [3.05, 3.63) is 24.3 Å². The van der Waals surface area contributed by atoms with Crippen LogP contribution in [0.25, 0.3) is 0 Å². The number of nitrogens with zero attached hydrogens (tertiary/aromatic N) is 2. The Morgan fingerprint density at radius 1 is 1.45 bits per heavy atom. The van der Waals surface area contributed by atoms with Gasteiger partial charge in [-0.05, 0) is 24.3 Å². The molecular formula is C14H14N2O4. The third-order valence-corrected chi connectivity index (χ3v) is 3.10. The minimum Gasteiger partial charge on any atom is -0.497 e. The van der Waals surface area contributed by atoms with Gasteiger partial charge in [0.2, 0.25) is 11.6 Å². The summed E-state index contributed by atoms with van der Waals surface area (Å²) < 4.78 is 10.3. The normalized spacial score (nSPS) is 20.9. The van der Waals surface area contributed by atoms with Crippen molar-refractivity contribution in [1.29, 1.82) is 5.26 Å². The van der Waals surface area contributed by atoms with E-state index in [1.165, 1.54) is 11.8 Å². The standard InChI is InChI=1S/C14H14N2O4/c1-10(17)20-14(7-8-15)9-13(18)16(14)11-3-5-12(19-2)6-4-11/h3-6H,7,9H2,1-2H3/t14-/m1/s1. The van der Waals surface area contributed by atoms with Gasteiger partial charge >= 0.3 is 5.97 Å². The Balaban J connectivity index is 2.32. The number of anilines is 1. The molecule has 1 fully saturated rings. The first-order chi connectivity index (χ1) is 9.52. The van der Waals surface area contributed by atoms with Crippen LogP contribution in [-0.4, -0.2) is 24.7 Å². The van der Waals surface area contributed by atoms with Crippen molar-refractivity contribution in [1.82, 2.24) is 0 Å². The van der Waals surface area contributed by atoms with Gasteiger partial charge in [0.1, 0.15) is 5.75 Å². The van der Waals surface area contributed by atoms with E-state index in [2.05, 4.69) is 0 Å². The molecule has 1 aromatic carbocycles. The molecule has 104 valence electrons. The molecule has 1 saturated heterocycles. The van der Waals surface area contributed by atoms with E-state index in [0.29, 0.717) is 11.4 Å². The van der Waals surface area contributed by atoms with Crippen molar-refractivity contribution in [2.24, 2.45) is 0 Å². The Bertz CT molecular complexity index is 576. The van der Waals surface area contributed by atoms with Crippen LogP contribution in [0.5, 0.6) is 5.75 Å². The molecule has 1 atom stereocenters. The molecule has 6 heteroatoms. The van der Waals surface area contributed by atoms with Crippen molar-refractivity contribution >= 4 is 17.6 Å². The molecule has 0 saturated carbocycles. The first-order valence-electron chi connectivity index (χ1n) is 6.06. The molecule has 2 rings (SSSR count). The fourth-order valence-corrected chi connectivity index (χ4v) is 2.29. The summed E-state index contributed by atoms with van der Waals surface area (Å²) in [6, 6.07) is 8.74. The van der Waals surface area contributed by atoms with Crippen LogP contribution < -0.4 is 9.64 Å². The van der Waals surface area contributed by atoms with Crippen LogP contribution in [0.2, 0.25) is 0 Å². The number of rotatable bonds is 4. The van der Waals surface area contributed by atoms with E-state index in [9.17, 15) is 9.59 Å². The maximum Gasteiger partial charge on any atom is 0.304 e. The molecule has 1 heterocycles. The summed E-state index contributed by atoms with van der Waals surface area (Å²) in [5.41, 5.74) is -0.620. The van der Waals surface area contributed by atoms with Crippen LogP contribution in [0.1, 0.15) is 19.8 Å². The first-order valence-corrected chi connectivity index (χ1v) is 6.06. The Labute approximate surface area is 116 Å². The monoisotopic (exact) mass is 274 g/mol. The van der Waals surface area contributed by atoms with Crippen LogP contribution in [0.4, 0.5) is 5.69 Å². The third kappa shape index (κ3) is 2.30. The van der Waals surface area contributed by atoms with Gasteiger partial charge < -0.3 is 9.47 Å². The number of carbonyl (C=O) groups excluding carboxylic acids is 2. The minimum absolute atomic E-state index is 0.0200. The van der Waals surface area contributed by atoms with Gasteiger partial charge in [-0.3, -0.25) is 14.5 Å². The molecule has 0 aliphatic carbocycles. The fraction of sp³-hybridized carbons (Fsp3) is 0.357. The number of β-lactam (4-membered cyclic amide) rings is 1. The SMILES string of the molecule is COc1ccc(N2C(=O)C[C@@]2(CC#N)OC(C)=O)cc1. The summed E-state index contributed by atoms with van der Waals surface area (Å²) >= 11 is 0. The lowest BCUT2D eigenvalue weighted by atomic mass is 9.92. The van der Waals surface area contributed by atoms with Crippen molar-refractivity contribution in [2.75, 3.05) is 12.0 Å². The number of esters is 1. The Morgan fingerprint density at radius 3 is 2.55 bits per heavy atom. The molecule has 0 spiro atoms. The Hall–Kier alpha value is -2.55. The molecule has 0 bridgehead atoms. The van der Waals surface area contributed by atoms with Crippen LogP contribution in [-0.2, 0) is 14.3 Å². The lowest BCUT2D eigenvalue weighted by Gasteiger charge is -2.49. The highest BCUT2D eigenvalue weighted by molar-refractivity contribution is 6.02. The summed E-state index contributed by atoms with van der Waals surface area (Å²) in [5, 5.41) is 8.91. The maximum absolute atomic E-state index is 11.9. The van der Waals surface area contributed by atoms with Crippen LogP contribution >= 0.6 is 0 Å². The lowest BCUT2D eigenvalue weighted by Crippen LogP contribution is -2.66. The average molecular weight is 274 g/mol. The largest absolute Gasteiger partial charge is 0.497 e. The van der Waals surface area contributed by atoms with E-state index in [-0.39, 0.29) is 18.7 Å². The number of amides is 1. The molecule has 1 aliphatic rings. The van der Waals surface area contributed by atoms with Gasteiger partial charge in [0.15, 0.2) is 0 Å². The highest BCUT2D eigenvalue weighted by Crippen LogP contribution is 2.40. The predicted octanol–water partition coefficient (Wildman–Crippen LogP) is 1.60. The van der Waals surface area contributed by atoms with Gasteiger partial charge in [0.05, 0.1) is 26.0 Å². The third-order valence-electron chi connectivity index (χ3n) is 3.10. The molecule has 1 amide bonds. The number of nitriles is 1. The second-order valence-electron chi connectivity index (χ2n) is 4.48.